The van der Waals surface area contributed by atoms with Crippen LogP contribution in [0, 0.1) is 0 Å². The van der Waals surface area contributed by atoms with E-state index in [0.29, 0.717) is 42.0 Å². The van der Waals surface area contributed by atoms with Crippen molar-refractivity contribution >= 4 is 35.0 Å². The van der Waals surface area contributed by atoms with Crippen LogP contribution in [-0.4, -0.2) is 40.6 Å². The molecule has 0 aliphatic carbocycles. The molecule has 0 radical (unpaired) electrons. The molecule has 146 valence electrons. The van der Waals surface area contributed by atoms with Crippen LogP contribution in [0.2, 0.25) is 5.02 Å². The Bertz CT molecular complexity index is 867. The first kappa shape index (κ1) is 20.0. The number of nitrogens with zero attached hydrogens (tertiary/aromatic N) is 2. The largest absolute Gasteiger partial charge is 0.343 e. The lowest BCUT2D eigenvalue weighted by Gasteiger charge is -2.15. The summed E-state index contributed by atoms with van der Waals surface area (Å²) in [6.07, 6.45) is 4.84. The Morgan fingerprint density at radius 2 is 1.93 bits per heavy atom. The molecule has 1 saturated heterocycles. The van der Waals surface area contributed by atoms with Gasteiger partial charge in [0.1, 0.15) is 5.82 Å². The number of carbonyl (C=O) groups excluding carboxylic acids is 3. The van der Waals surface area contributed by atoms with Crippen LogP contribution in [0.1, 0.15) is 48.0 Å². The summed E-state index contributed by atoms with van der Waals surface area (Å²) in [6, 6.07) is 9.87. The summed E-state index contributed by atoms with van der Waals surface area (Å²) >= 11 is 5.87. The molecule has 0 bridgehead atoms. The van der Waals surface area contributed by atoms with Gasteiger partial charge < -0.3 is 10.2 Å². The molecular formula is C21H22ClN3O3. The fourth-order valence-corrected chi connectivity index (χ4v) is 3.29. The third-order valence-corrected chi connectivity index (χ3v) is 4.92. The average Bonchev–Trinajstić information content (AvgIpc) is 3.10. The minimum absolute atomic E-state index is 0.197. The number of carbonyl (C=O) groups is 3. The number of benzene rings is 1. The van der Waals surface area contributed by atoms with Crippen LogP contribution in [0.15, 0.2) is 42.6 Å². The van der Waals surface area contributed by atoms with Gasteiger partial charge in [-0.1, -0.05) is 11.6 Å². The molecule has 2 heterocycles. The summed E-state index contributed by atoms with van der Waals surface area (Å²) < 4.78 is 0. The van der Waals surface area contributed by atoms with Crippen LogP contribution in [0.4, 0.5) is 5.82 Å². The van der Waals surface area contributed by atoms with Crippen molar-refractivity contribution in [3.8, 4) is 0 Å². The number of nitrogens with one attached hydrogen (secondary N) is 1. The number of pyridine rings is 1. The summed E-state index contributed by atoms with van der Waals surface area (Å²) in [6.45, 7) is 1.51. The molecular weight excluding hydrogens is 378 g/mol. The van der Waals surface area contributed by atoms with Gasteiger partial charge in [-0.3, -0.25) is 14.4 Å². The zero-order chi connectivity index (χ0) is 19.9. The Morgan fingerprint density at radius 1 is 1.14 bits per heavy atom. The molecule has 1 aromatic carbocycles. The first-order valence-electron chi connectivity index (χ1n) is 9.37. The van der Waals surface area contributed by atoms with E-state index in [-0.39, 0.29) is 23.4 Å². The zero-order valence-corrected chi connectivity index (χ0v) is 16.2. The van der Waals surface area contributed by atoms with Gasteiger partial charge in [-0.15, -0.1) is 0 Å². The number of anilines is 1. The van der Waals surface area contributed by atoms with Gasteiger partial charge in [0.25, 0.3) is 0 Å². The van der Waals surface area contributed by atoms with E-state index in [2.05, 4.69) is 10.3 Å². The normalized spacial score (nSPS) is 13.6. The van der Waals surface area contributed by atoms with Crippen molar-refractivity contribution in [3.05, 3.63) is 58.7 Å². The molecule has 0 atom stereocenters. The minimum atomic E-state index is -0.229. The fourth-order valence-electron chi connectivity index (χ4n) is 3.17. The molecule has 3 rings (SSSR count). The van der Waals surface area contributed by atoms with Gasteiger partial charge in [0.05, 0.1) is 5.56 Å². The Morgan fingerprint density at radius 3 is 2.64 bits per heavy atom. The molecule has 2 amide bonds. The predicted octanol–water partition coefficient (Wildman–Crippen LogP) is 3.70. The maximum atomic E-state index is 12.7. The summed E-state index contributed by atoms with van der Waals surface area (Å²) in [5.41, 5.74) is 0.809. The lowest BCUT2D eigenvalue weighted by atomic mass is 10.0. The molecule has 28 heavy (non-hydrogen) atoms. The van der Waals surface area contributed by atoms with Crippen molar-refractivity contribution < 1.29 is 14.4 Å². The smallest absolute Gasteiger partial charge is 0.225 e. The molecule has 7 heteroatoms. The lowest BCUT2D eigenvalue weighted by Crippen LogP contribution is -2.25. The third-order valence-electron chi connectivity index (χ3n) is 4.67. The highest BCUT2D eigenvalue weighted by Crippen LogP contribution is 2.19. The van der Waals surface area contributed by atoms with Gasteiger partial charge in [-0.25, -0.2) is 4.98 Å². The highest BCUT2D eigenvalue weighted by molar-refractivity contribution is 6.30. The van der Waals surface area contributed by atoms with Gasteiger partial charge in [0.2, 0.25) is 11.8 Å². The molecule has 1 N–H and O–H groups in total. The Hall–Kier alpha value is -2.73. The van der Waals surface area contributed by atoms with Crippen LogP contribution >= 0.6 is 11.6 Å². The SMILES string of the molecule is O=C(CCCCN1CCCC1=O)Nc1ncccc1C(=O)c1ccc(Cl)cc1. The molecule has 0 unspecified atom stereocenters. The molecule has 0 spiro atoms. The fraction of sp³-hybridized carbons (Fsp3) is 0.333. The van der Waals surface area contributed by atoms with E-state index in [1.54, 1.807) is 36.4 Å². The average molecular weight is 400 g/mol. The number of hydrogen-bond acceptors (Lipinski definition) is 4. The number of halogens is 1. The van der Waals surface area contributed by atoms with E-state index >= 15 is 0 Å². The molecule has 6 nitrogen and oxygen atoms in total. The number of amides is 2. The van der Waals surface area contributed by atoms with Crippen LogP contribution in [-0.2, 0) is 9.59 Å². The van der Waals surface area contributed by atoms with Crippen molar-refractivity contribution in [2.24, 2.45) is 0 Å². The Balaban J connectivity index is 1.55. The number of ketones is 1. The second kappa shape index (κ2) is 9.46. The second-order valence-electron chi connectivity index (χ2n) is 6.73. The highest BCUT2D eigenvalue weighted by Gasteiger charge is 2.19. The van der Waals surface area contributed by atoms with Crippen molar-refractivity contribution in [1.29, 1.82) is 0 Å². The van der Waals surface area contributed by atoms with E-state index in [1.807, 2.05) is 4.90 Å². The summed E-state index contributed by atoms with van der Waals surface area (Å²) in [4.78, 5) is 42.6. The second-order valence-corrected chi connectivity index (χ2v) is 7.16. The number of rotatable bonds is 8. The number of likely N-dealkylation sites (tertiary alicyclic amines) is 1. The van der Waals surface area contributed by atoms with Crippen molar-refractivity contribution in [3.63, 3.8) is 0 Å². The van der Waals surface area contributed by atoms with Crippen LogP contribution in [0.5, 0.6) is 0 Å². The lowest BCUT2D eigenvalue weighted by molar-refractivity contribution is -0.127. The van der Waals surface area contributed by atoms with E-state index < -0.39 is 0 Å². The maximum absolute atomic E-state index is 12.7. The number of hydrogen-bond donors (Lipinski definition) is 1. The molecule has 1 aliphatic rings. The molecule has 1 fully saturated rings. The Labute approximate surface area is 168 Å². The van der Waals surface area contributed by atoms with E-state index in [1.165, 1.54) is 6.20 Å². The van der Waals surface area contributed by atoms with Crippen molar-refractivity contribution in [1.82, 2.24) is 9.88 Å². The highest BCUT2D eigenvalue weighted by atomic mass is 35.5. The summed E-state index contributed by atoms with van der Waals surface area (Å²) in [5, 5.41) is 3.28. The maximum Gasteiger partial charge on any atom is 0.225 e. The van der Waals surface area contributed by atoms with E-state index in [9.17, 15) is 14.4 Å². The standard InChI is InChI=1S/C21H22ClN3O3/c22-16-10-8-15(9-11-16)20(28)17-5-3-12-23-21(17)24-18(26)6-1-2-13-25-14-4-7-19(25)27/h3,5,8-12H,1-2,4,6-7,13-14H2,(H,23,24,26). The molecule has 1 aromatic heterocycles. The zero-order valence-electron chi connectivity index (χ0n) is 15.5. The van der Waals surface area contributed by atoms with Gasteiger partial charge >= 0.3 is 0 Å². The van der Waals surface area contributed by atoms with Crippen LogP contribution < -0.4 is 5.32 Å². The van der Waals surface area contributed by atoms with Gasteiger partial charge in [0, 0.05) is 42.7 Å². The van der Waals surface area contributed by atoms with E-state index in [0.717, 1.165) is 19.4 Å². The summed E-state index contributed by atoms with van der Waals surface area (Å²) in [7, 11) is 0. The van der Waals surface area contributed by atoms with E-state index in [4.69, 9.17) is 11.6 Å². The topological polar surface area (TPSA) is 79.4 Å². The van der Waals surface area contributed by atoms with Gasteiger partial charge in [-0.05, 0) is 55.7 Å². The molecule has 1 aliphatic heterocycles. The molecule has 0 saturated carbocycles. The first-order chi connectivity index (χ1) is 13.5. The van der Waals surface area contributed by atoms with Gasteiger partial charge in [0.15, 0.2) is 5.78 Å². The Kier molecular flexibility index (Phi) is 6.76. The van der Waals surface area contributed by atoms with Crippen molar-refractivity contribution in [2.45, 2.75) is 32.1 Å². The number of aromatic nitrogens is 1. The predicted molar refractivity (Wildman–Crippen MR) is 107 cm³/mol. The summed E-state index contributed by atoms with van der Waals surface area (Å²) in [5.74, 6) is 0.0229. The molecule has 2 aromatic rings. The van der Waals surface area contributed by atoms with Crippen LogP contribution in [0.25, 0.3) is 0 Å². The minimum Gasteiger partial charge on any atom is -0.343 e. The van der Waals surface area contributed by atoms with Gasteiger partial charge in [-0.2, -0.15) is 0 Å². The quantitative estimate of drug-likeness (QED) is 0.542. The first-order valence-corrected chi connectivity index (χ1v) is 9.75. The monoisotopic (exact) mass is 399 g/mol. The van der Waals surface area contributed by atoms with Crippen LogP contribution in [0.3, 0.4) is 0 Å². The third kappa shape index (κ3) is 5.16. The number of unbranched alkanes of at least 4 members (excludes halogenated alkanes) is 1. The van der Waals surface area contributed by atoms with Crippen molar-refractivity contribution in [2.75, 3.05) is 18.4 Å².